The first-order chi connectivity index (χ1) is 12.9. The summed E-state index contributed by atoms with van der Waals surface area (Å²) in [6.07, 6.45) is 1.95. The number of hydrogen-bond acceptors (Lipinski definition) is 2. The molecule has 0 aliphatic rings. The molecule has 1 N–H and O–H groups in total. The van der Waals surface area contributed by atoms with E-state index in [-0.39, 0.29) is 17.2 Å². The molecular weight excluding hydrogens is 349 g/mol. The lowest BCUT2D eigenvalue weighted by Gasteiger charge is -2.38. The van der Waals surface area contributed by atoms with Crippen LogP contribution in [0.2, 0.25) is 0 Å². The molecule has 0 aromatic heterocycles. The Balaban J connectivity index is 2.52. The Kier molecular flexibility index (Phi) is 6.84. The molecule has 0 aliphatic heterocycles. The molecule has 0 amide bonds. The lowest BCUT2D eigenvalue weighted by molar-refractivity contribution is 0.0105. The van der Waals surface area contributed by atoms with Crippen molar-refractivity contribution in [3.8, 4) is 0 Å². The Hall–Kier alpha value is -1.97. The summed E-state index contributed by atoms with van der Waals surface area (Å²) < 4.78 is 13.3. The second-order valence-corrected chi connectivity index (χ2v) is 9.14. The van der Waals surface area contributed by atoms with Crippen LogP contribution in [0.25, 0.3) is 6.08 Å². The number of benzene rings is 2. The van der Waals surface area contributed by atoms with Crippen molar-refractivity contribution >= 4 is 6.08 Å². The Morgan fingerprint density at radius 2 is 1.50 bits per heavy atom. The average molecular weight is 384 g/mol. The van der Waals surface area contributed by atoms with Gasteiger partial charge in [0, 0.05) is 12.5 Å². The van der Waals surface area contributed by atoms with Crippen LogP contribution in [0.4, 0.5) is 4.39 Å². The summed E-state index contributed by atoms with van der Waals surface area (Å²) in [5.41, 5.74) is 2.78. The Morgan fingerprint density at radius 1 is 1.00 bits per heavy atom. The molecule has 0 spiro atoms. The normalized spacial score (nSPS) is 16.1. The van der Waals surface area contributed by atoms with Gasteiger partial charge >= 0.3 is 0 Å². The van der Waals surface area contributed by atoms with Gasteiger partial charge in [0.2, 0.25) is 0 Å². The van der Waals surface area contributed by atoms with Crippen molar-refractivity contribution in [1.29, 1.82) is 0 Å². The van der Waals surface area contributed by atoms with Gasteiger partial charge in [0.25, 0.3) is 0 Å². The first-order valence-electron chi connectivity index (χ1n) is 9.87. The van der Waals surface area contributed by atoms with Crippen molar-refractivity contribution in [2.24, 2.45) is 5.92 Å². The second kappa shape index (κ2) is 8.59. The van der Waals surface area contributed by atoms with Gasteiger partial charge in [-0.15, -0.1) is 0 Å². The molecule has 2 rings (SSSR count). The van der Waals surface area contributed by atoms with E-state index >= 15 is 0 Å². The van der Waals surface area contributed by atoms with Gasteiger partial charge in [-0.2, -0.15) is 0 Å². The molecule has 0 aliphatic carbocycles. The minimum absolute atomic E-state index is 0.0281. The summed E-state index contributed by atoms with van der Waals surface area (Å²) in [4.78, 5) is 2.09. The predicted molar refractivity (Wildman–Crippen MR) is 117 cm³/mol. The zero-order chi connectivity index (χ0) is 21.1. The fraction of sp³-hybridized carbons (Fsp3) is 0.440. The molecule has 2 nitrogen and oxygen atoms in total. The average Bonchev–Trinajstić information content (AvgIpc) is 2.61. The third-order valence-electron chi connectivity index (χ3n) is 5.40. The molecule has 0 saturated heterocycles. The van der Waals surface area contributed by atoms with Crippen LogP contribution in [-0.2, 0) is 11.0 Å². The SMILES string of the molecule is C/C(=C/c1ccc(F)cc1)C(O)(c1ccc(C(C)(C)C)cc1)C(C)CN(C)C. The van der Waals surface area contributed by atoms with Crippen LogP contribution in [0.3, 0.4) is 0 Å². The van der Waals surface area contributed by atoms with Crippen LogP contribution in [0.15, 0.2) is 54.1 Å². The summed E-state index contributed by atoms with van der Waals surface area (Å²) in [5.74, 6) is -0.288. The van der Waals surface area contributed by atoms with E-state index in [1.807, 2.05) is 39.2 Å². The zero-order valence-electron chi connectivity index (χ0n) is 18.3. The molecule has 0 fully saturated rings. The molecule has 2 aromatic carbocycles. The van der Waals surface area contributed by atoms with E-state index in [1.165, 1.54) is 17.7 Å². The van der Waals surface area contributed by atoms with Crippen molar-refractivity contribution in [1.82, 2.24) is 4.90 Å². The summed E-state index contributed by atoms with van der Waals surface area (Å²) in [6.45, 7) is 11.3. The van der Waals surface area contributed by atoms with Crippen molar-refractivity contribution in [3.05, 3.63) is 76.6 Å². The highest BCUT2D eigenvalue weighted by atomic mass is 19.1. The number of hydrogen-bond donors (Lipinski definition) is 1. The van der Waals surface area contributed by atoms with Crippen LogP contribution in [0.1, 0.15) is 51.3 Å². The van der Waals surface area contributed by atoms with Crippen LogP contribution in [0, 0.1) is 11.7 Å². The zero-order valence-corrected chi connectivity index (χ0v) is 18.3. The van der Waals surface area contributed by atoms with Crippen molar-refractivity contribution in [2.75, 3.05) is 20.6 Å². The Morgan fingerprint density at radius 3 is 1.96 bits per heavy atom. The summed E-state index contributed by atoms with van der Waals surface area (Å²) in [6, 6.07) is 14.6. The first-order valence-corrected chi connectivity index (χ1v) is 9.87. The molecule has 0 bridgehead atoms. The van der Waals surface area contributed by atoms with Crippen LogP contribution >= 0.6 is 0 Å². The maximum atomic E-state index is 13.3. The van der Waals surface area contributed by atoms with Crippen LogP contribution < -0.4 is 0 Å². The molecule has 3 heteroatoms. The smallest absolute Gasteiger partial charge is 0.123 e. The monoisotopic (exact) mass is 383 g/mol. The first kappa shape index (κ1) is 22.3. The molecule has 2 aromatic rings. The fourth-order valence-corrected chi connectivity index (χ4v) is 3.72. The standard InChI is InChI=1S/C25H34FNO/c1-18(16-20-8-14-23(26)15-9-20)25(28,19(2)17-27(6)7)22-12-10-21(11-13-22)24(3,4)5/h8-16,19,28H,17H2,1-7H3/b18-16-. The largest absolute Gasteiger partial charge is 0.380 e. The van der Waals surface area contributed by atoms with Crippen molar-refractivity contribution in [3.63, 3.8) is 0 Å². The van der Waals surface area contributed by atoms with Gasteiger partial charge in [-0.05, 0) is 60.8 Å². The summed E-state index contributed by atoms with van der Waals surface area (Å²) in [7, 11) is 4.03. The minimum atomic E-state index is -1.12. The maximum Gasteiger partial charge on any atom is 0.123 e. The topological polar surface area (TPSA) is 23.5 Å². The summed E-state index contributed by atoms with van der Waals surface area (Å²) in [5, 5.41) is 11.9. The molecule has 2 atom stereocenters. The van der Waals surface area contributed by atoms with Crippen molar-refractivity contribution in [2.45, 2.75) is 45.6 Å². The highest BCUT2D eigenvalue weighted by Gasteiger charge is 2.37. The minimum Gasteiger partial charge on any atom is -0.380 e. The molecule has 2 unspecified atom stereocenters. The highest BCUT2D eigenvalue weighted by Crippen LogP contribution is 2.39. The van der Waals surface area contributed by atoms with Gasteiger partial charge in [-0.25, -0.2) is 4.39 Å². The van der Waals surface area contributed by atoms with Gasteiger partial charge in [0.1, 0.15) is 11.4 Å². The maximum absolute atomic E-state index is 13.3. The van der Waals surface area contributed by atoms with Gasteiger partial charge in [-0.1, -0.05) is 70.2 Å². The molecule has 152 valence electrons. The van der Waals surface area contributed by atoms with E-state index in [1.54, 1.807) is 12.1 Å². The third-order valence-corrected chi connectivity index (χ3v) is 5.40. The van der Waals surface area contributed by atoms with Gasteiger partial charge in [0.05, 0.1) is 0 Å². The number of aliphatic hydroxyl groups is 1. The van der Waals surface area contributed by atoms with Gasteiger partial charge in [0.15, 0.2) is 0 Å². The Bertz CT molecular complexity index is 800. The van der Waals surface area contributed by atoms with E-state index in [0.29, 0.717) is 0 Å². The molecule has 0 heterocycles. The number of halogens is 1. The van der Waals surface area contributed by atoms with E-state index in [0.717, 1.165) is 23.2 Å². The Labute approximate surface area is 169 Å². The molecule has 0 saturated carbocycles. The predicted octanol–water partition coefficient (Wildman–Crippen LogP) is 5.61. The third kappa shape index (κ3) is 5.09. The van der Waals surface area contributed by atoms with E-state index in [9.17, 15) is 9.50 Å². The lowest BCUT2D eigenvalue weighted by Crippen LogP contribution is -2.40. The van der Waals surface area contributed by atoms with Gasteiger partial charge in [-0.3, -0.25) is 0 Å². The molecular formula is C25H34FNO. The van der Waals surface area contributed by atoms with Crippen molar-refractivity contribution < 1.29 is 9.50 Å². The van der Waals surface area contributed by atoms with E-state index in [4.69, 9.17) is 0 Å². The molecule has 0 radical (unpaired) electrons. The van der Waals surface area contributed by atoms with Crippen LogP contribution in [0.5, 0.6) is 0 Å². The number of nitrogens with zero attached hydrogens (tertiary/aromatic N) is 1. The second-order valence-electron chi connectivity index (χ2n) is 9.14. The van der Waals surface area contributed by atoms with E-state index < -0.39 is 5.60 Å². The fourth-order valence-electron chi connectivity index (χ4n) is 3.72. The lowest BCUT2D eigenvalue weighted by atomic mass is 9.75. The van der Waals surface area contributed by atoms with E-state index in [2.05, 4.69) is 44.7 Å². The number of rotatable bonds is 6. The molecule has 28 heavy (non-hydrogen) atoms. The highest BCUT2D eigenvalue weighted by molar-refractivity contribution is 5.56. The van der Waals surface area contributed by atoms with Crippen LogP contribution in [-0.4, -0.2) is 30.6 Å². The summed E-state index contributed by atoms with van der Waals surface area (Å²) >= 11 is 0. The quantitative estimate of drug-likeness (QED) is 0.701. The van der Waals surface area contributed by atoms with Gasteiger partial charge < -0.3 is 10.0 Å².